The van der Waals surface area contributed by atoms with Crippen molar-refractivity contribution in [2.45, 2.75) is 39.0 Å². The van der Waals surface area contributed by atoms with Gasteiger partial charge in [-0.1, -0.05) is 41.4 Å². The summed E-state index contributed by atoms with van der Waals surface area (Å²) in [5, 5.41) is 6.21. The van der Waals surface area contributed by atoms with Crippen LogP contribution in [-0.4, -0.2) is 18.4 Å². The van der Waals surface area contributed by atoms with Gasteiger partial charge in [0, 0.05) is 23.1 Å². The zero-order chi connectivity index (χ0) is 19.0. The quantitative estimate of drug-likeness (QED) is 0.624. The fourth-order valence-corrected chi connectivity index (χ4v) is 5.48. The summed E-state index contributed by atoms with van der Waals surface area (Å²) in [6.45, 7) is 2.70. The molecule has 144 valence electrons. The Labute approximate surface area is 169 Å². The molecule has 0 aromatic heterocycles. The lowest BCUT2D eigenvalue weighted by molar-refractivity contribution is -0.124. The van der Waals surface area contributed by atoms with Gasteiger partial charge in [0.25, 0.3) is 0 Å². The Kier molecular flexibility index (Phi) is 5.15. The van der Waals surface area contributed by atoms with Crippen LogP contribution in [0.5, 0.6) is 0 Å². The second-order valence-electron chi connectivity index (χ2n) is 8.26. The number of hydrogen-bond acceptors (Lipinski definition) is 2. The zero-order valence-electron chi connectivity index (χ0n) is 15.7. The van der Waals surface area contributed by atoms with Crippen molar-refractivity contribution in [2.75, 3.05) is 11.9 Å². The topological polar surface area (TPSA) is 58.2 Å². The van der Waals surface area contributed by atoms with Crippen molar-refractivity contribution in [2.24, 2.45) is 29.1 Å². The van der Waals surface area contributed by atoms with Crippen molar-refractivity contribution in [3.05, 3.63) is 40.9 Å². The van der Waals surface area contributed by atoms with Crippen LogP contribution in [0.1, 0.15) is 39.0 Å². The standard InChI is InChI=1S/C22H27BrN2O2/c1-2-3-4-19(26)24-13-16-17-9-10-18(22(17)11-12-22)20(16)21(27)25-15-7-5-14(23)6-8-15/h5-10,16-18,20H,2-4,11-13H2,1H3,(H,24,26)(H,25,27)/t16-,17-,18+,20+/m1/s1. The molecule has 0 saturated heterocycles. The third-order valence-electron chi connectivity index (χ3n) is 6.70. The van der Waals surface area contributed by atoms with Gasteiger partial charge >= 0.3 is 0 Å². The zero-order valence-corrected chi connectivity index (χ0v) is 17.3. The van der Waals surface area contributed by atoms with E-state index in [-0.39, 0.29) is 23.7 Å². The average Bonchev–Trinajstić information content (AvgIpc) is 3.33. The van der Waals surface area contributed by atoms with Crippen LogP contribution >= 0.6 is 15.9 Å². The predicted molar refractivity (Wildman–Crippen MR) is 110 cm³/mol. The minimum Gasteiger partial charge on any atom is -0.356 e. The molecule has 1 aromatic rings. The van der Waals surface area contributed by atoms with E-state index in [4.69, 9.17) is 0 Å². The lowest BCUT2D eigenvalue weighted by atomic mass is 9.82. The van der Waals surface area contributed by atoms with Gasteiger partial charge in [0.1, 0.15) is 0 Å². The van der Waals surface area contributed by atoms with Crippen molar-refractivity contribution >= 4 is 33.4 Å². The molecule has 3 aliphatic carbocycles. The molecule has 3 aliphatic rings. The lowest BCUT2D eigenvalue weighted by Gasteiger charge is -2.27. The van der Waals surface area contributed by atoms with Crippen LogP contribution in [0.25, 0.3) is 0 Å². The van der Waals surface area contributed by atoms with Crippen molar-refractivity contribution in [1.29, 1.82) is 0 Å². The molecule has 0 aliphatic heterocycles. The van der Waals surface area contributed by atoms with Crippen LogP contribution in [0, 0.1) is 29.1 Å². The van der Waals surface area contributed by atoms with E-state index in [1.165, 1.54) is 12.8 Å². The smallest absolute Gasteiger partial charge is 0.228 e. The van der Waals surface area contributed by atoms with Crippen LogP contribution in [0.3, 0.4) is 0 Å². The Balaban J connectivity index is 1.47. The van der Waals surface area contributed by atoms with Crippen LogP contribution in [0.4, 0.5) is 5.69 Å². The first-order chi connectivity index (χ1) is 13.0. The van der Waals surface area contributed by atoms with E-state index in [2.05, 4.69) is 45.6 Å². The molecule has 1 spiro atoms. The van der Waals surface area contributed by atoms with Crippen molar-refractivity contribution in [3.8, 4) is 0 Å². The van der Waals surface area contributed by atoms with Gasteiger partial charge in [-0.3, -0.25) is 9.59 Å². The molecule has 5 heteroatoms. The summed E-state index contributed by atoms with van der Waals surface area (Å²) < 4.78 is 0.993. The highest BCUT2D eigenvalue weighted by atomic mass is 79.9. The molecular formula is C22H27BrN2O2. The highest BCUT2D eigenvalue weighted by molar-refractivity contribution is 9.10. The number of amides is 2. The number of carbonyl (C=O) groups is 2. The highest BCUT2D eigenvalue weighted by Crippen LogP contribution is 2.71. The summed E-state index contributed by atoms with van der Waals surface area (Å²) in [4.78, 5) is 25.3. The summed E-state index contributed by atoms with van der Waals surface area (Å²) in [7, 11) is 0. The number of allylic oxidation sites excluding steroid dienone is 2. The number of benzene rings is 1. The van der Waals surface area contributed by atoms with Gasteiger partial charge in [-0.25, -0.2) is 0 Å². The largest absolute Gasteiger partial charge is 0.356 e. The van der Waals surface area contributed by atoms with Crippen LogP contribution in [0.15, 0.2) is 40.9 Å². The summed E-state index contributed by atoms with van der Waals surface area (Å²) in [5.74, 6) is 1.08. The van der Waals surface area contributed by atoms with Crippen LogP contribution < -0.4 is 10.6 Å². The molecule has 2 amide bonds. The maximum absolute atomic E-state index is 13.2. The molecule has 0 radical (unpaired) electrons. The summed E-state index contributed by atoms with van der Waals surface area (Å²) >= 11 is 3.43. The monoisotopic (exact) mass is 430 g/mol. The Morgan fingerprint density at radius 3 is 2.52 bits per heavy atom. The number of unbranched alkanes of at least 4 members (excludes halogenated alkanes) is 1. The number of rotatable bonds is 7. The third-order valence-corrected chi connectivity index (χ3v) is 7.23. The molecule has 0 heterocycles. The second kappa shape index (κ2) is 7.42. The van der Waals surface area contributed by atoms with Gasteiger partial charge in [-0.2, -0.15) is 0 Å². The predicted octanol–water partition coefficient (Wildman–Crippen LogP) is 4.52. The molecule has 4 rings (SSSR count). The molecular weight excluding hydrogens is 404 g/mol. The summed E-state index contributed by atoms with van der Waals surface area (Å²) in [6.07, 6.45) is 9.50. The normalized spacial score (nSPS) is 29.1. The molecule has 0 unspecified atom stereocenters. The molecule has 2 bridgehead atoms. The van der Waals surface area contributed by atoms with Gasteiger partial charge < -0.3 is 10.6 Å². The van der Waals surface area contributed by atoms with E-state index in [9.17, 15) is 9.59 Å². The van der Waals surface area contributed by atoms with E-state index < -0.39 is 0 Å². The number of anilines is 1. The fraction of sp³-hybridized carbons (Fsp3) is 0.545. The Morgan fingerprint density at radius 1 is 1.15 bits per heavy atom. The van der Waals surface area contributed by atoms with Gasteiger partial charge in [-0.05, 0) is 66.7 Å². The minimum absolute atomic E-state index is 0.0578. The second-order valence-corrected chi connectivity index (χ2v) is 9.18. The minimum atomic E-state index is -0.0578. The SMILES string of the molecule is CCCCC(=O)NC[C@H]1[C@H](C(=O)Nc2ccc(Br)cc2)[C@@H]2C=C[C@H]1C21CC1. The average molecular weight is 431 g/mol. The fourth-order valence-electron chi connectivity index (χ4n) is 5.22. The molecule has 2 N–H and O–H groups in total. The van der Waals surface area contributed by atoms with E-state index in [0.717, 1.165) is 23.0 Å². The summed E-state index contributed by atoms with van der Waals surface area (Å²) in [5.41, 5.74) is 1.12. The first-order valence-corrected chi connectivity index (χ1v) is 10.9. The lowest BCUT2D eigenvalue weighted by Crippen LogP contribution is -2.39. The van der Waals surface area contributed by atoms with E-state index in [1.54, 1.807) is 0 Å². The highest BCUT2D eigenvalue weighted by Gasteiger charge is 2.68. The van der Waals surface area contributed by atoms with Crippen molar-refractivity contribution in [3.63, 3.8) is 0 Å². The van der Waals surface area contributed by atoms with Gasteiger partial charge in [0.2, 0.25) is 11.8 Å². The maximum Gasteiger partial charge on any atom is 0.228 e. The van der Waals surface area contributed by atoms with Crippen molar-refractivity contribution in [1.82, 2.24) is 5.32 Å². The van der Waals surface area contributed by atoms with Gasteiger partial charge in [-0.15, -0.1) is 0 Å². The molecule has 27 heavy (non-hydrogen) atoms. The Hall–Kier alpha value is -1.62. The first kappa shape index (κ1) is 18.7. The number of halogens is 1. The van der Waals surface area contributed by atoms with E-state index >= 15 is 0 Å². The number of nitrogens with one attached hydrogen (secondary N) is 2. The first-order valence-electron chi connectivity index (χ1n) is 10.1. The Morgan fingerprint density at radius 2 is 1.85 bits per heavy atom. The van der Waals surface area contributed by atoms with Crippen molar-refractivity contribution < 1.29 is 9.59 Å². The molecule has 4 nitrogen and oxygen atoms in total. The number of hydrogen-bond donors (Lipinski definition) is 2. The maximum atomic E-state index is 13.2. The van der Waals surface area contributed by atoms with E-state index in [0.29, 0.717) is 30.2 Å². The van der Waals surface area contributed by atoms with Gasteiger partial charge in [0.15, 0.2) is 0 Å². The molecule has 4 atom stereocenters. The molecule has 2 fully saturated rings. The van der Waals surface area contributed by atoms with Gasteiger partial charge in [0.05, 0.1) is 5.92 Å². The summed E-state index contributed by atoms with van der Waals surface area (Å²) in [6, 6.07) is 7.70. The molecule has 1 aromatic carbocycles. The third kappa shape index (κ3) is 3.46. The number of carbonyl (C=O) groups excluding carboxylic acids is 2. The van der Waals surface area contributed by atoms with Crippen LogP contribution in [0.2, 0.25) is 0 Å². The van der Waals surface area contributed by atoms with Crippen LogP contribution in [-0.2, 0) is 9.59 Å². The molecule has 2 saturated carbocycles. The van der Waals surface area contributed by atoms with E-state index in [1.807, 2.05) is 24.3 Å². The Bertz CT molecular complexity index is 754.